The first kappa shape index (κ1) is 21.6. The first-order valence-corrected chi connectivity index (χ1v) is 11.9. The predicted octanol–water partition coefficient (Wildman–Crippen LogP) is 1.72. The van der Waals surface area contributed by atoms with Crippen molar-refractivity contribution in [2.45, 2.75) is 54.7 Å². The summed E-state index contributed by atoms with van der Waals surface area (Å²) >= 11 is 1.51. The molecule has 0 spiro atoms. The van der Waals surface area contributed by atoms with Crippen LogP contribution < -0.4 is 4.90 Å². The van der Waals surface area contributed by atoms with Gasteiger partial charge in [0.05, 0.1) is 6.61 Å². The Bertz CT molecular complexity index is 1060. The summed E-state index contributed by atoms with van der Waals surface area (Å²) in [4.78, 5) is 16.1. The van der Waals surface area contributed by atoms with E-state index < -0.39 is 24.5 Å². The third kappa shape index (κ3) is 3.97. The summed E-state index contributed by atoms with van der Waals surface area (Å²) in [5.41, 5.74) is 2.34. The fraction of sp³-hybridized carbons (Fsp3) is 0.500. The Morgan fingerprint density at radius 2 is 1.81 bits per heavy atom. The van der Waals surface area contributed by atoms with E-state index in [1.165, 1.54) is 24.5 Å². The Balaban J connectivity index is 1.57. The van der Waals surface area contributed by atoms with Gasteiger partial charge in [0.2, 0.25) is 0 Å². The minimum absolute atomic E-state index is 0.387. The third-order valence-corrected chi connectivity index (χ3v) is 7.09. The molecule has 32 heavy (non-hydrogen) atoms. The van der Waals surface area contributed by atoms with E-state index in [2.05, 4.69) is 14.9 Å². The van der Waals surface area contributed by atoms with E-state index in [1.54, 1.807) is 4.57 Å². The molecule has 0 amide bonds. The summed E-state index contributed by atoms with van der Waals surface area (Å²) in [5.74, 6) is 1.45. The highest BCUT2D eigenvalue weighted by molar-refractivity contribution is 7.98. The molecular formula is C22H27N5O4S. The lowest BCUT2D eigenvalue weighted by molar-refractivity contribution is -0.0548. The number of nitrogens with zero attached hydrogens (tertiary/aromatic N) is 5. The number of imidazole rings is 1. The van der Waals surface area contributed by atoms with E-state index in [0.717, 1.165) is 37.3 Å². The molecule has 10 heteroatoms. The van der Waals surface area contributed by atoms with Gasteiger partial charge in [-0.2, -0.15) is 0 Å². The van der Waals surface area contributed by atoms with Gasteiger partial charge in [0.15, 0.2) is 28.4 Å². The van der Waals surface area contributed by atoms with Crippen molar-refractivity contribution < 1.29 is 20.1 Å². The lowest BCUT2D eigenvalue weighted by atomic mass is 10.1. The molecule has 9 nitrogen and oxygen atoms in total. The van der Waals surface area contributed by atoms with Crippen molar-refractivity contribution in [2.24, 2.45) is 0 Å². The Hall–Kier alpha value is -2.24. The summed E-state index contributed by atoms with van der Waals surface area (Å²) in [7, 11) is 0. The number of thioether (sulfide) groups is 1. The first-order chi connectivity index (χ1) is 15.7. The normalized spacial score (nSPS) is 26.2. The molecule has 2 aromatic heterocycles. The molecule has 4 atom stereocenters. The second-order valence-electron chi connectivity index (χ2n) is 8.18. The zero-order valence-electron chi connectivity index (χ0n) is 17.6. The Labute approximate surface area is 190 Å². The van der Waals surface area contributed by atoms with E-state index >= 15 is 0 Å². The maximum atomic E-state index is 10.7. The molecule has 1 aromatic carbocycles. The van der Waals surface area contributed by atoms with Crippen molar-refractivity contribution in [1.82, 2.24) is 19.5 Å². The van der Waals surface area contributed by atoms with E-state index in [9.17, 15) is 15.3 Å². The van der Waals surface area contributed by atoms with Crippen LogP contribution in [0.15, 0.2) is 41.8 Å². The molecule has 3 aromatic rings. The van der Waals surface area contributed by atoms with Crippen LogP contribution in [0, 0.1) is 0 Å². The summed E-state index contributed by atoms with van der Waals surface area (Å²) in [6.45, 7) is 1.44. The molecule has 0 radical (unpaired) electrons. The van der Waals surface area contributed by atoms with Crippen LogP contribution in [-0.2, 0) is 10.5 Å². The fourth-order valence-electron chi connectivity index (χ4n) is 4.36. The lowest BCUT2D eigenvalue weighted by Gasteiger charge is -2.27. The molecule has 3 N–H and O–H groups in total. The molecule has 2 aliphatic heterocycles. The number of hydrogen-bond acceptors (Lipinski definition) is 9. The molecule has 4 heterocycles. The van der Waals surface area contributed by atoms with Crippen LogP contribution in [0.25, 0.3) is 11.2 Å². The van der Waals surface area contributed by atoms with E-state index in [0.29, 0.717) is 22.1 Å². The Kier molecular flexibility index (Phi) is 6.29. The number of anilines is 1. The number of fused-ring (bicyclic) bond motifs is 1. The molecule has 0 aliphatic carbocycles. The zero-order chi connectivity index (χ0) is 22.1. The number of aliphatic hydroxyl groups is 3. The third-order valence-electron chi connectivity index (χ3n) is 6.06. The minimum atomic E-state index is -1.21. The standard InChI is InChI=1S/C22H27N5O4S/c28-11-15-17(29)18(30)21(31-15)27-20-16(19(23-13-24-20)26-9-5-2-6-10-26)25-22(27)32-12-14-7-3-1-4-8-14/h1,3-4,7-8,13,15,17-18,21,28-30H,2,5-6,9-12H2/t15-,17-,18-,21-/m1/s1. The zero-order valence-corrected chi connectivity index (χ0v) is 18.4. The molecule has 0 bridgehead atoms. The van der Waals surface area contributed by atoms with Gasteiger partial charge >= 0.3 is 0 Å². The van der Waals surface area contributed by atoms with Crippen molar-refractivity contribution in [3.8, 4) is 0 Å². The van der Waals surface area contributed by atoms with Crippen molar-refractivity contribution in [3.05, 3.63) is 42.2 Å². The minimum Gasteiger partial charge on any atom is -0.394 e. The van der Waals surface area contributed by atoms with Crippen LogP contribution in [0.4, 0.5) is 5.82 Å². The van der Waals surface area contributed by atoms with E-state index in [1.807, 2.05) is 30.3 Å². The van der Waals surface area contributed by atoms with Crippen molar-refractivity contribution in [1.29, 1.82) is 0 Å². The molecular weight excluding hydrogens is 430 g/mol. The Morgan fingerprint density at radius 3 is 2.53 bits per heavy atom. The van der Waals surface area contributed by atoms with Crippen LogP contribution in [0.5, 0.6) is 0 Å². The van der Waals surface area contributed by atoms with Gasteiger partial charge in [0, 0.05) is 18.8 Å². The number of aliphatic hydroxyl groups excluding tert-OH is 3. The van der Waals surface area contributed by atoms with Gasteiger partial charge in [-0.05, 0) is 24.8 Å². The fourth-order valence-corrected chi connectivity index (χ4v) is 5.33. The largest absolute Gasteiger partial charge is 0.394 e. The highest BCUT2D eigenvalue weighted by atomic mass is 32.2. The molecule has 2 saturated heterocycles. The second-order valence-corrected chi connectivity index (χ2v) is 9.13. The van der Waals surface area contributed by atoms with Crippen LogP contribution in [0.1, 0.15) is 31.1 Å². The van der Waals surface area contributed by atoms with Crippen LogP contribution in [0.2, 0.25) is 0 Å². The highest BCUT2D eigenvalue weighted by Gasteiger charge is 2.45. The molecule has 0 unspecified atom stereocenters. The molecule has 0 saturated carbocycles. The molecule has 5 rings (SSSR count). The number of rotatable bonds is 6. The van der Waals surface area contributed by atoms with Crippen molar-refractivity contribution >= 4 is 28.7 Å². The van der Waals surface area contributed by atoms with E-state index in [4.69, 9.17) is 9.72 Å². The summed E-state index contributed by atoms with van der Waals surface area (Å²) in [6.07, 6.45) is 0.745. The molecule has 170 valence electrons. The quantitative estimate of drug-likeness (QED) is 0.476. The van der Waals surface area contributed by atoms with Crippen LogP contribution >= 0.6 is 11.8 Å². The second kappa shape index (κ2) is 9.32. The number of aromatic nitrogens is 4. The maximum absolute atomic E-state index is 10.7. The van der Waals surface area contributed by atoms with Gasteiger partial charge in [0.1, 0.15) is 24.6 Å². The molecule has 2 fully saturated rings. The smallest absolute Gasteiger partial charge is 0.172 e. The summed E-state index contributed by atoms with van der Waals surface area (Å²) in [6, 6.07) is 10.1. The van der Waals surface area contributed by atoms with Gasteiger partial charge in [-0.1, -0.05) is 42.1 Å². The average Bonchev–Trinajstić information content (AvgIpc) is 3.35. The molecule has 2 aliphatic rings. The van der Waals surface area contributed by atoms with E-state index in [-0.39, 0.29) is 6.61 Å². The first-order valence-electron chi connectivity index (χ1n) is 10.9. The lowest BCUT2D eigenvalue weighted by Crippen LogP contribution is -2.33. The van der Waals surface area contributed by atoms with Crippen LogP contribution in [0.3, 0.4) is 0 Å². The number of piperidine rings is 1. The van der Waals surface area contributed by atoms with Gasteiger partial charge in [-0.3, -0.25) is 4.57 Å². The Morgan fingerprint density at radius 1 is 1.03 bits per heavy atom. The number of hydrogen-bond donors (Lipinski definition) is 3. The summed E-state index contributed by atoms with van der Waals surface area (Å²) in [5, 5.41) is 31.2. The van der Waals surface area contributed by atoms with Crippen molar-refractivity contribution in [2.75, 3.05) is 24.6 Å². The van der Waals surface area contributed by atoms with Gasteiger partial charge in [-0.25, -0.2) is 15.0 Å². The van der Waals surface area contributed by atoms with Crippen LogP contribution in [-0.4, -0.2) is 72.8 Å². The number of benzene rings is 1. The van der Waals surface area contributed by atoms with Crippen molar-refractivity contribution in [3.63, 3.8) is 0 Å². The monoisotopic (exact) mass is 457 g/mol. The number of ether oxygens (including phenoxy) is 1. The highest BCUT2D eigenvalue weighted by Crippen LogP contribution is 2.38. The predicted molar refractivity (Wildman–Crippen MR) is 120 cm³/mol. The average molecular weight is 458 g/mol. The summed E-state index contributed by atoms with van der Waals surface area (Å²) < 4.78 is 7.59. The van der Waals surface area contributed by atoms with Gasteiger partial charge in [0.25, 0.3) is 0 Å². The topological polar surface area (TPSA) is 117 Å². The maximum Gasteiger partial charge on any atom is 0.172 e. The van der Waals surface area contributed by atoms with Gasteiger partial charge in [-0.15, -0.1) is 0 Å². The SMILES string of the molecule is OC[C@H]1O[C@@H](n2c(SCc3ccccc3)nc3c(N4CCCCC4)ncnc32)[C@H](O)[C@@H]1O. The van der Waals surface area contributed by atoms with Gasteiger partial charge < -0.3 is 25.0 Å².